The molecule has 19 heavy (non-hydrogen) atoms. The van der Waals surface area contributed by atoms with Crippen LogP contribution in [0.1, 0.15) is 38.5 Å². The Kier molecular flexibility index (Phi) is 4.27. The summed E-state index contributed by atoms with van der Waals surface area (Å²) < 4.78 is 65.9. The molecule has 1 aliphatic rings. The summed E-state index contributed by atoms with van der Waals surface area (Å²) in [5, 5.41) is 2.47. The third-order valence-electron chi connectivity index (χ3n) is 3.41. The normalized spacial score (nSPS) is 17.3. The summed E-state index contributed by atoms with van der Waals surface area (Å²) in [6, 6.07) is -0.254. The highest BCUT2D eigenvalue weighted by Gasteiger charge is 2.27. The first-order valence-electron chi connectivity index (χ1n) is 6.30. The van der Waals surface area contributed by atoms with Crippen LogP contribution >= 0.6 is 0 Å². The summed E-state index contributed by atoms with van der Waals surface area (Å²) in [6.45, 7) is 0. The molecule has 0 unspecified atom stereocenters. The first-order chi connectivity index (χ1) is 9.02. The Balaban J connectivity index is 2.29. The molecule has 1 N–H and O–H groups in total. The molecule has 106 valence electrons. The molecule has 1 nitrogen and oxygen atoms in total. The van der Waals surface area contributed by atoms with E-state index in [2.05, 4.69) is 5.32 Å². The van der Waals surface area contributed by atoms with Gasteiger partial charge in [-0.3, -0.25) is 0 Å². The van der Waals surface area contributed by atoms with E-state index in [4.69, 9.17) is 0 Å². The van der Waals surface area contributed by atoms with Gasteiger partial charge in [-0.1, -0.05) is 25.7 Å². The van der Waals surface area contributed by atoms with Gasteiger partial charge in [-0.2, -0.15) is 0 Å². The van der Waals surface area contributed by atoms with Crippen LogP contribution in [0.25, 0.3) is 0 Å². The van der Waals surface area contributed by atoms with E-state index in [1.807, 2.05) is 0 Å². The van der Waals surface area contributed by atoms with Crippen LogP contribution in [0.3, 0.4) is 0 Å². The molecular weight excluding hydrogens is 265 g/mol. The van der Waals surface area contributed by atoms with Crippen molar-refractivity contribution in [2.24, 2.45) is 0 Å². The highest BCUT2D eigenvalue weighted by molar-refractivity contribution is 5.48. The van der Waals surface area contributed by atoms with E-state index in [-0.39, 0.29) is 6.04 Å². The van der Waals surface area contributed by atoms with Gasteiger partial charge in [0.05, 0.1) is 0 Å². The topological polar surface area (TPSA) is 12.0 Å². The van der Waals surface area contributed by atoms with Gasteiger partial charge in [0.25, 0.3) is 0 Å². The quantitative estimate of drug-likeness (QED) is 0.363. The Morgan fingerprint density at radius 2 is 1.05 bits per heavy atom. The van der Waals surface area contributed by atoms with Crippen LogP contribution in [0.15, 0.2) is 0 Å². The summed E-state index contributed by atoms with van der Waals surface area (Å²) in [4.78, 5) is 0. The smallest absolute Gasteiger partial charge is 0.200 e. The number of anilines is 1. The SMILES string of the molecule is Fc1c(F)c(F)c(NC2CCCCCC2)c(F)c1F. The predicted molar refractivity (Wildman–Crippen MR) is 61.3 cm³/mol. The van der Waals surface area contributed by atoms with Crippen LogP contribution < -0.4 is 5.32 Å². The average Bonchev–Trinajstić information content (AvgIpc) is 2.68. The molecule has 0 atom stereocenters. The monoisotopic (exact) mass is 279 g/mol. The van der Waals surface area contributed by atoms with Crippen molar-refractivity contribution in [3.63, 3.8) is 0 Å². The van der Waals surface area contributed by atoms with E-state index in [1.54, 1.807) is 0 Å². The van der Waals surface area contributed by atoms with Gasteiger partial charge in [0.15, 0.2) is 23.3 Å². The highest BCUT2D eigenvalue weighted by atomic mass is 19.2. The van der Waals surface area contributed by atoms with E-state index in [9.17, 15) is 22.0 Å². The Labute approximate surface area is 107 Å². The molecule has 0 radical (unpaired) electrons. The van der Waals surface area contributed by atoms with Crippen molar-refractivity contribution in [3.05, 3.63) is 29.1 Å². The maximum atomic E-state index is 13.5. The summed E-state index contributed by atoms with van der Waals surface area (Å²) in [6.07, 6.45) is 5.14. The van der Waals surface area contributed by atoms with Gasteiger partial charge in [-0.05, 0) is 12.8 Å². The molecule has 0 bridgehead atoms. The lowest BCUT2D eigenvalue weighted by Crippen LogP contribution is -2.21. The standard InChI is InChI=1S/C13H14F5N/c14-8-9(15)11(17)13(12(18)10(8)16)19-7-5-3-1-2-4-6-7/h7,19H,1-6H2. The van der Waals surface area contributed by atoms with Gasteiger partial charge >= 0.3 is 0 Å². The second-order valence-electron chi connectivity index (χ2n) is 4.78. The summed E-state index contributed by atoms with van der Waals surface area (Å²) in [5.74, 6) is -9.52. The minimum atomic E-state index is -2.12. The van der Waals surface area contributed by atoms with Crippen LogP contribution in [0.5, 0.6) is 0 Å². The molecule has 1 aromatic carbocycles. The largest absolute Gasteiger partial charge is 0.377 e. The van der Waals surface area contributed by atoms with Crippen molar-refractivity contribution < 1.29 is 22.0 Å². The predicted octanol–water partition coefficient (Wildman–Crippen LogP) is 4.52. The van der Waals surface area contributed by atoms with Crippen LogP contribution in [0.4, 0.5) is 27.6 Å². The Morgan fingerprint density at radius 3 is 1.53 bits per heavy atom. The van der Waals surface area contributed by atoms with E-state index >= 15 is 0 Å². The number of nitrogens with one attached hydrogen (secondary N) is 1. The fraction of sp³-hybridized carbons (Fsp3) is 0.538. The molecule has 0 aliphatic heterocycles. The zero-order valence-corrected chi connectivity index (χ0v) is 10.2. The first kappa shape index (κ1) is 14.1. The molecule has 0 heterocycles. The molecule has 1 aliphatic carbocycles. The molecule has 0 aromatic heterocycles. The zero-order chi connectivity index (χ0) is 14.0. The minimum Gasteiger partial charge on any atom is -0.377 e. The lowest BCUT2D eigenvalue weighted by Gasteiger charge is -2.19. The Hall–Kier alpha value is -1.33. The average molecular weight is 279 g/mol. The van der Waals surface area contributed by atoms with E-state index < -0.39 is 34.8 Å². The summed E-state index contributed by atoms with van der Waals surface area (Å²) in [5.41, 5.74) is -0.914. The van der Waals surface area contributed by atoms with E-state index in [0.29, 0.717) is 12.8 Å². The molecule has 0 saturated heterocycles. The Morgan fingerprint density at radius 1 is 0.632 bits per heavy atom. The van der Waals surface area contributed by atoms with Gasteiger partial charge in [-0.25, -0.2) is 22.0 Å². The number of hydrogen-bond acceptors (Lipinski definition) is 1. The fourth-order valence-corrected chi connectivity index (χ4v) is 2.36. The van der Waals surface area contributed by atoms with E-state index in [0.717, 1.165) is 25.7 Å². The molecule has 0 amide bonds. The van der Waals surface area contributed by atoms with Gasteiger partial charge in [0, 0.05) is 6.04 Å². The van der Waals surface area contributed by atoms with Gasteiger partial charge < -0.3 is 5.32 Å². The van der Waals surface area contributed by atoms with Crippen molar-refractivity contribution in [1.29, 1.82) is 0 Å². The third kappa shape index (κ3) is 2.82. The molecule has 1 saturated carbocycles. The van der Waals surface area contributed by atoms with Gasteiger partial charge in [0.1, 0.15) is 5.69 Å². The van der Waals surface area contributed by atoms with Crippen molar-refractivity contribution in [3.8, 4) is 0 Å². The van der Waals surface area contributed by atoms with Crippen molar-refractivity contribution >= 4 is 5.69 Å². The van der Waals surface area contributed by atoms with Crippen molar-refractivity contribution in [2.45, 2.75) is 44.6 Å². The zero-order valence-electron chi connectivity index (χ0n) is 10.2. The van der Waals surface area contributed by atoms with Crippen LogP contribution in [-0.2, 0) is 0 Å². The minimum absolute atomic E-state index is 0.254. The first-order valence-corrected chi connectivity index (χ1v) is 6.30. The van der Waals surface area contributed by atoms with Crippen LogP contribution in [-0.4, -0.2) is 6.04 Å². The van der Waals surface area contributed by atoms with Crippen LogP contribution in [0.2, 0.25) is 0 Å². The molecule has 6 heteroatoms. The van der Waals surface area contributed by atoms with Crippen molar-refractivity contribution in [1.82, 2.24) is 0 Å². The molecule has 2 rings (SSSR count). The summed E-state index contributed by atoms with van der Waals surface area (Å²) in [7, 11) is 0. The number of halogens is 5. The van der Waals surface area contributed by atoms with E-state index in [1.165, 1.54) is 0 Å². The molecule has 0 spiro atoms. The van der Waals surface area contributed by atoms with Gasteiger partial charge in [-0.15, -0.1) is 0 Å². The maximum absolute atomic E-state index is 13.5. The second kappa shape index (κ2) is 5.75. The molecular formula is C13H14F5N. The maximum Gasteiger partial charge on any atom is 0.200 e. The number of hydrogen-bond donors (Lipinski definition) is 1. The third-order valence-corrected chi connectivity index (χ3v) is 3.41. The lowest BCUT2D eigenvalue weighted by atomic mass is 10.1. The molecule has 1 aromatic rings. The van der Waals surface area contributed by atoms with Crippen molar-refractivity contribution in [2.75, 3.05) is 5.32 Å². The van der Waals surface area contributed by atoms with Crippen LogP contribution in [0, 0.1) is 29.1 Å². The molecule has 1 fully saturated rings. The number of rotatable bonds is 2. The highest BCUT2D eigenvalue weighted by Crippen LogP contribution is 2.29. The Bertz CT molecular complexity index is 438. The number of benzene rings is 1. The summed E-state index contributed by atoms with van der Waals surface area (Å²) >= 11 is 0. The lowest BCUT2D eigenvalue weighted by molar-refractivity contribution is 0.380. The fourth-order valence-electron chi connectivity index (χ4n) is 2.36. The second-order valence-corrected chi connectivity index (χ2v) is 4.78. The van der Waals surface area contributed by atoms with Gasteiger partial charge in [0.2, 0.25) is 5.82 Å².